The molecule has 0 saturated carbocycles. The number of pyridine rings is 1. The van der Waals surface area contributed by atoms with Gasteiger partial charge >= 0.3 is 0 Å². The first-order chi connectivity index (χ1) is 13.7. The molecule has 1 aliphatic heterocycles. The van der Waals surface area contributed by atoms with E-state index in [1.807, 2.05) is 41.3 Å². The fourth-order valence-corrected chi connectivity index (χ4v) is 4.15. The number of carbonyl (C=O) groups excluding carboxylic acids is 1. The molecule has 0 atom stereocenters. The fraction of sp³-hybridized carbons (Fsp3) is 0.250. The van der Waals surface area contributed by atoms with E-state index in [9.17, 15) is 4.79 Å². The normalized spacial score (nSPS) is 14.2. The fourth-order valence-electron chi connectivity index (χ4n) is 3.09. The minimum atomic E-state index is 0.109. The van der Waals surface area contributed by atoms with Gasteiger partial charge in [0.05, 0.1) is 24.7 Å². The molecule has 4 rings (SSSR count). The van der Waals surface area contributed by atoms with Crippen LogP contribution in [0.3, 0.4) is 0 Å². The van der Waals surface area contributed by atoms with E-state index >= 15 is 0 Å². The van der Waals surface area contributed by atoms with Crippen molar-refractivity contribution >= 4 is 30.3 Å². The zero-order valence-electron chi connectivity index (χ0n) is 15.2. The Hall–Kier alpha value is -2.29. The third kappa shape index (κ3) is 4.24. The Morgan fingerprint density at radius 3 is 2.54 bits per heavy atom. The molecule has 1 saturated heterocycles. The van der Waals surface area contributed by atoms with Crippen molar-refractivity contribution in [3.63, 3.8) is 0 Å². The van der Waals surface area contributed by atoms with Crippen LogP contribution in [0.2, 0.25) is 0 Å². The summed E-state index contributed by atoms with van der Waals surface area (Å²) in [7, 11) is 0. The van der Waals surface area contributed by atoms with Crippen molar-refractivity contribution in [1.29, 1.82) is 0 Å². The largest absolute Gasteiger partial charge is 0.378 e. The van der Waals surface area contributed by atoms with E-state index in [-0.39, 0.29) is 5.91 Å². The van der Waals surface area contributed by atoms with E-state index in [1.54, 1.807) is 12.4 Å². The van der Waals surface area contributed by atoms with Gasteiger partial charge in [-0.3, -0.25) is 14.9 Å². The van der Waals surface area contributed by atoms with Crippen molar-refractivity contribution in [3.05, 3.63) is 48.8 Å². The van der Waals surface area contributed by atoms with Crippen molar-refractivity contribution in [2.45, 2.75) is 9.92 Å². The van der Waals surface area contributed by atoms with Crippen molar-refractivity contribution in [1.82, 2.24) is 20.1 Å². The van der Waals surface area contributed by atoms with E-state index in [0.717, 1.165) is 32.3 Å². The summed E-state index contributed by atoms with van der Waals surface area (Å²) in [5.41, 5.74) is 3.92. The Morgan fingerprint density at radius 2 is 1.82 bits per heavy atom. The molecule has 3 heterocycles. The van der Waals surface area contributed by atoms with E-state index in [4.69, 9.17) is 4.74 Å². The second-order valence-corrected chi connectivity index (χ2v) is 7.82. The summed E-state index contributed by atoms with van der Waals surface area (Å²) in [5, 5.41) is 8.47. The van der Waals surface area contributed by atoms with Gasteiger partial charge in [-0.2, -0.15) is 5.10 Å². The van der Waals surface area contributed by atoms with Gasteiger partial charge in [-0.05, 0) is 29.8 Å². The lowest BCUT2D eigenvalue weighted by Gasteiger charge is -2.26. The van der Waals surface area contributed by atoms with E-state index in [2.05, 4.69) is 27.8 Å². The van der Waals surface area contributed by atoms with Crippen LogP contribution in [-0.2, 0) is 9.53 Å². The number of aromatic nitrogens is 3. The van der Waals surface area contributed by atoms with Crippen LogP contribution in [0, 0.1) is 0 Å². The van der Waals surface area contributed by atoms with Gasteiger partial charge in [0, 0.05) is 41.5 Å². The summed E-state index contributed by atoms with van der Waals surface area (Å²) in [6.07, 6.45) is 3.52. The summed E-state index contributed by atoms with van der Waals surface area (Å²) in [5.74, 6) is 0.454. The first-order valence-electron chi connectivity index (χ1n) is 8.99. The molecule has 1 fully saturated rings. The maximum absolute atomic E-state index is 12.5. The third-order valence-electron chi connectivity index (χ3n) is 4.55. The maximum Gasteiger partial charge on any atom is 0.233 e. The number of amides is 1. The van der Waals surface area contributed by atoms with Crippen LogP contribution in [0.25, 0.3) is 22.4 Å². The van der Waals surface area contributed by atoms with Crippen molar-refractivity contribution < 1.29 is 9.53 Å². The van der Waals surface area contributed by atoms with E-state index in [0.29, 0.717) is 32.1 Å². The van der Waals surface area contributed by atoms with Gasteiger partial charge in [0.1, 0.15) is 5.03 Å². The summed E-state index contributed by atoms with van der Waals surface area (Å²) < 4.78 is 5.32. The smallest absolute Gasteiger partial charge is 0.233 e. The number of hydrogen-bond acceptors (Lipinski definition) is 6. The highest BCUT2D eigenvalue weighted by molar-refractivity contribution is 8.00. The summed E-state index contributed by atoms with van der Waals surface area (Å²) in [4.78, 5) is 19.4. The number of thiol groups is 1. The zero-order valence-corrected chi connectivity index (χ0v) is 16.9. The molecular weight excluding hydrogens is 392 g/mol. The van der Waals surface area contributed by atoms with Crippen molar-refractivity contribution in [2.24, 2.45) is 0 Å². The zero-order chi connectivity index (χ0) is 19.3. The average Bonchev–Trinajstić information content (AvgIpc) is 3.17. The first kappa shape index (κ1) is 19.0. The molecule has 0 bridgehead atoms. The minimum Gasteiger partial charge on any atom is -0.378 e. The molecule has 0 spiro atoms. The first-order valence-corrected chi connectivity index (χ1v) is 10.4. The highest BCUT2D eigenvalue weighted by Gasteiger charge is 2.21. The number of thioether (sulfide) groups is 1. The molecular formula is C20H20N4O2S2. The molecule has 6 nitrogen and oxygen atoms in total. The van der Waals surface area contributed by atoms with Crippen molar-refractivity contribution in [2.75, 3.05) is 32.1 Å². The third-order valence-corrected chi connectivity index (χ3v) is 5.81. The SMILES string of the molecule is O=C(CSc1n[nH]c(-c2ccc(S)cc2)c1-c1ccncc1)N1CCOCC1. The molecule has 3 aromatic rings. The monoisotopic (exact) mass is 412 g/mol. The molecule has 2 aromatic heterocycles. The highest BCUT2D eigenvalue weighted by atomic mass is 32.2. The lowest BCUT2D eigenvalue weighted by Crippen LogP contribution is -2.41. The lowest BCUT2D eigenvalue weighted by molar-refractivity contribution is -0.132. The molecule has 1 N–H and O–H groups in total. The molecule has 8 heteroatoms. The van der Waals surface area contributed by atoms with Gasteiger partial charge in [0.15, 0.2) is 0 Å². The van der Waals surface area contributed by atoms with Gasteiger partial charge < -0.3 is 9.64 Å². The second kappa shape index (κ2) is 8.81. The van der Waals surface area contributed by atoms with E-state index < -0.39 is 0 Å². The number of carbonyl (C=O) groups is 1. The number of aromatic amines is 1. The lowest BCUT2D eigenvalue weighted by atomic mass is 10.0. The summed E-state index contributed by atoms with van der Waals surface area (Å²) in [6.45, 7) is 2.51. The Kier molecular flexibility index (Phi) is 5.99. The number of nitrogens with one attached hydrogen (secondary N) is 1. The number of morpholine rings is 1. The number of nitrogens with zero attached hydrogens (tertiary/aromatic N) is 3. The molecule has 0 aliphatic carbocycles. The molecule has 28 heavy (non-hydrogen) atoms. The predicted molar refractivity (Wildman–Crippen MR) is 113 cm³/mol. The quantitative estimate of drug-likeness (QED) is 0.497. The predicted octanol–water partition coefficient (Wildman–Crippen LogP) is 3.38. The molecule has 1 amide bonds. The molecule has 0 radical (unpaired) electrons. The van der Waals surface area contributed by atoms with Gasteiger partial charge in [-0.15, -0.1) is 12.6 Å². The maximum atomic E-state index is 12.5. The van der Waals surface area contributed by atoms with Crippen LogP contribution in [0.15, 0.2) is 58.7 Å². The summed E-state index contributed by atoms with van der Waals surface area (Å²) >= 11 is 5.81. The Morgan fingerprint density at radius 1 is 1.11 bits per heavy atom. The number of hydrogen-bond donors (Lipinski definition) is 2. The minimum absolute atomic E-state index is 0.109. The van der Waals surface area contributed by atoms with Crippen LogP contribution in [0.5, 0.6) is 0 Å². The van der Waals surface area contributed by atoms with Crippen molar-refractivity contribution in [3.8, 4) is 22.4 Å². The van der Waals surface area contributed by atoms with Gasteiger partial charge in [0.2, 0.25) is 5.91 Å². The second-order valence-electron chi connectivity index (χ2n) is 6.34. The van der Waals surface area contributed by atoms with Crippen LogP contribution >= 0.6 is 24.4 Å². The van der Waals surface area contributed by atoms with Crippen LogP contribution in [0.4, 0.5) is 0 Å². The van der Waals surface area contributed by atoms with Gasteiger partial charge in [-0.1, -0.05) is 23.9 Å². The molecule has 1 aromatic carbocycles. The van der Waals surface area contributed by atoms with Gasteiger partial charge in [0.25, 0.3) is 0 Å². The molecule has 1 aliphatic rings. The topological polar surface area (TPSA) is 71.1 Å². The average molecular weight is 413 g/mol. The highest BCUT2D eigenvalue weighted by Crippen LogP contribution is 2.37. The van der Waals surface area contributed by atoms with E-state index in [1.165, 1.54) is 11.8 Å². The number of benzene rings is 1. The summed E-state index contributed by atoms with van der Waals surface area (Å²) in [6, 6.07) is 11.8. The van der Waals surface area contributed by atoms with Crippen LogP contribution < -0.4 is 0 Å². The number of rotatable bonds is 5. The Bertz CT molecular complexity index is 939. The standard InChI is InChI=1S/C20H20N4O2S2/c25-17(24-9-11-26-12-10-24)13-28-20-18(14-5-7-21-8-6-14)19(22-23-20)15-1-3-16(27)4-2-15/h1-8,27H,9-13H2,(H,22,23). The Balaban J connectivity index is 1.62. The molecule has 144 valence electrons. The molecule has 0 unspecified atom stereocenters. The number of ether oxygens (including phenoxy) is 1. The number of H-pyrrole nitrogens is 1. The van der Waals surface area contributed by atoms with Gasteiger partial charge in [-0.25, -0.2) is 0 Å². The van der Waals surface area contributed by atoms with Crippen LogP contribution in [0.1, 0.15) is 0 Å². The Labute approximate surface area is 173 Å². The van der Waals surface area contributed by atoms with Crippen LogP contribution in [-0.4, -0.2) is 58.0 Å².